The summed E-state index contributed by atoms with van der Waals surface area (Å²) in [7, 11) is -3.48. The lowest BCUT2D eigenvalue weighted by Gasteiger charge is -2.20. The minimum atomic E-state index is -4.51. The monoisotopic (exact) mass is 347 g/mol. The Morgan fingerprint density at radius 1 is 1.17 bits per heavy atom. The topological polar surface area (TPSA) is 55.2 Å². The average Bonchev–Trinajstić information content (AvgIpc) is 2.92. The van der Waals surface area contributed by atoms with E-state index in [1.165, 1.54) is 10.5 Å². The zero-order valence-electron chi connectivity index (χ0n) is 12.4. The summed E-state index contributed by atoms with van der Waals surface area (Å²) in [5.41, 5.74) is -0.194. The number of alkyl halides is 3. The van der Waals surface area contributed by atoms with Gasteiger partial charge in [-0.05, 0) is 11.6 Å². The maximum atomic E-state index is 12.5. The van der Waals surface area contributed by atoms with Gasteiger partial charge in [-0.25, -0.2) is 8.42 Å². The molecule has 1 aromatic heterocycles. The summed E-state index contributed by atoms with van der Waals surface area (Å²) in [5, 5.41) is 3.41. The summed E-state index contributed by atoms with van der Waals surface area (Å²) >= 11 is 0. The van der Waals surface area contributed by atoms with Gasteiger partial charge in [-0.15, -0.1) is 0 Å². The molecule has 0 fully saturated rings. The van der Waals surface area contributed by atoms with Gasteiger partial charge in [-0.1, -0.05) is 30.3 Å². The Morgan fingerprint density at radius 3 is 2.35 bits per heavy atom. The second-order valence-corrected chi connectivity index (χ2v) is 7.03. The normalized spacial score (nSPS) is 12.7. The highest BCUT2D eigenvalue weighted by molar-refractivity contribution is 7.88. The van der Waals surface area contributed by atoms with Crippen LogP contribution in [-0.4, -0.2) is 35.3 Å². The fourth-order valence-electron chi connectivity index (χ4n) is 2.00. The summed E-state index contributed by atoms with van der Waals surface area (Å²) in [6.07, 6.45) is -2.25. The van der Waals surface area contributed by atoms with Crippen molar-refractivity contribution in [2.45, 2.75) is 19.3 Å². The number of hydrogen-bond donors (Lipinski definition) is 0. The molecule has 1 heterocycles. The molecular formula is C14H16F3N3O2S. The summed E-state index contributed by atoms with van der Waals surface area (Å²) < 4.78 is 63.5. The van der Waals surface area contributed by atoms with Crippen LogP contribution in [0.2, 0.25) is 0 Å². The molecule has 0 atom stereocenters. The Kier molecular flexibility index (Phi) is 5.10. The number of halogens is 3. The predicted octanol–water partition coefficient (Wildman–Crippen LogP) is 2.36. The first-order valence-corrected chi connectivity index (χ1v) is 8.61. The molecule has 9 heteroatoms. The third-order valence-corrected chi connectivity index (χ3v) is 4.43. The molecule has 0 N–H and O–H groups in total. The fourth-order valence-corrected chi connectivity index (χ4v) is 2.80. The lowest BCUT2D eigenvalue weighted by molar-refractivity contribution is -0.141. The second kappa shape index (κ2) is 6.71. The van der Waals surface area contributed by atoms with Crippen molar-refractivity contribution < 1.29 is 21.6 Å². The van der Waals surface area contributed by atoms with E-state index < -0.39 is 21.9 Å². The smallest absolute Gasteiger partial charge is 0.271 e. The van der Waals surface area contributed by atoms with Crippen LogP contribution < -0.4 is 0 Å². The minimum Gasteiger partial charge on any atom is -0.271 e. The van der Waals surface area contributed by atoms with E-state index in [1.54, 1.807) is 24.3 Å². The molecule has 5 nitrogen and oxygen atoms in total. The van der Waals surface area contributed by atoms with Gasteiger partial charge >= 0.3 is 6.18 Å². The van der Waals surface area contributed by atoms with Crippen LogP contribution in [0.1, 0.15) is 11.3 Å². The molecule has 0 aliphatic heterocycles. The van der Waals surface area contributed by atoms with Crippen LogP contribution in [0.5, 0.6) is 0 Å². The fraction of sp³-hybridized carbons (Fsp3) is 0.357. The van der Waals surface area contributed by atoms with E-state index in [4.69, 9.17) is 0 Å². The van der Waals surface area contributed by atoms with Gasteiger partial charge in [0.05, 0.1) is 12.8 Å². The molecule has 23 heavy (non-hydrogen) atoms. The SMILES string of the molecule is CS(=O)(=O)N(CCn1ccc(C(F)(F)F)n1)Cc1ccccc1. The third-order valence-electron chi connectivity index (χ3n) is 3.18. The maximum Gasteiger partial charge on any atom is 0.435 e. The molecule has 2 rings (SSSR count). The number of sulfonamides is 1. The first-order valence-electron chi connectivity index (χ1n) is 6.76. The van der Waals surface area contributed by atoms with Gasteiger partial charge in [0.25, 0.3) is 0 Å². The van der Waals surface area contributed by atoms with Crippen molar-refractivity contribution in [3.63, 3.8) is 0 Å². The molecule has 0 radical (unpaired) electrons. The second-order valence-electron chi connectivity index (χ2n) is 5.04. The third kappa shape index (κ3) is 5.07. The van der Waals surface area contributed by atoms with E-state index in [9.17, 15) is 21.6 Å². The number of aromatic nitrogens is 2. The molecule has 0 bridgehead atoms. The standard InChI is InChI=1S/C14H16F3N3O2S/c1-23(21,22)20(11-12-5-3-2-4-6-12)10-9-19-8-7-13(18-19)14(15,16)17/h2-8H,9-11H2,1H3. The maximum absolute atomic E-state index is 12.5. The Labute approximate surface area is 132 Å². The molecular weight excluding hydrogens is 331 g/mol. The Morgan fingerprint density at radius 2 is 1.83 bits per heavy atom. The molecule has 1 aromatic carbocycles. The van der Waals surface area contributed by atoms with Gasteiger partial charge in [-0.2, -0.15) is 22.6 Å². The summed E-state index contributed by atoms with van der Waals surface area (Å²) in [4.78, 5) is 0. The summed E-state index contributed by atoms with van der Waals surface area (Å²) in [5.74, 6) is 0. The van der Waals surface area contributed by atoms with Crippen molar-refractivity contribution in [2.24, 2.45) is 0 Å². The van der Waals surface area contributed by atoms with Crippen molar-refractivity contribution in [1.29, 1.82) is 0 Å². The number of nitrogens with zero attached hydrogens (tertiary/aromatic N) is 3. The zero-order chi connectivity index (χ0) is 17.1. The van der Waals surface area contributed by atoms with E-state index in [-0.39, 0.29) is 19.6 Å². The van der Waals surface area contributed by atoms with Crippen molar-refractivity contribution in [2.75, 3.05) is 12.8 Å². The van der Waals surface area contributed by atoms with Gasteiger partial charge in [-0.3, -0.25) is 4.68 Å². The van der Waals surface area contributed by atoms with Crippen LogP contribution in [0.15, 0.2) is 42.6 Å². The quantitative estimate of drug-likeness (QED) is 0.806. The molecule has 0 unspecified atom stereocenters. The van der Waals surface area contributed by atoms with E-state index in [0.717, 1.165) is 22.6 Å². The Balaban J connectivity index is 2.06. The lowest BCUT2D eigenvalue weighted by atomic mass is 10.2. The predicted molar refractivity (Wildman–Crippen MR) is 78.9 cm³/mol. The van der Waals surface area contributed by atoms with Gasteiger partial charge in [0, 0.05) is 19.3 Å². The molecule has 0 amide bonds. The van der Waals surface area contributed by atoms with Gasteiger partial charge in [0.2, 0.25) is 10.0 Å². The molecule has 0 aliphatic rings. The zero-order valence-corrected chi connectivity index (χ0v) is 13.2. The first-order chi connectivity index (χ1) is 10.7. The van der Waals surface area contributed by atoms with Crippen molar-refractivity contribution in [3.05, 3.63) is 53.9 Å². The summed E-state index contributed by atoms with van der Waals surface area (Å²) in [6, 6.07) is 9.83. The molecule has 2 aromatic rings. The highest BCUT2D eigenvalue weighted by Gasteiger charge is 2.33. The molecule has 0 aliphatic carbocycles. The minimum absolute atomic E-state index is 0.0344. The highest BCUT2D eigenvalue weighted by atomic mass is 32.2. The van der Waals surface area contributed by atoms with Crippen LogP contribution >= 0.6 is 0 Å². The number of hydrogen-bond acceptors (Lipinski definition) is 3. The van der Waals surface area contributed by atoms with Crippen LogP contribution in [0.3, 0.4) is 0 Å². The molecule has 0 saturated heterocycles. The van der Waals surface area contributed by atoms with Crippen molar-refractivity contribution in [1.82, 2.24) is 14.1 Å². The Hall–Kier alpha value is -1.87. The number of benzene rings is 1. The van der Waals surface area contributed by atoms with Crippen LogP contribution in [0.25, 0.3) is 0 Å². The van der Waals surface area contributed by atoms with E-state index in [1.807, 2.05) is 6.07 Å². The molecule has 0 saturated carbocycles. The van der Waals surface area contributed by atoms with Crippen molar-refractivity contribution in [3.8, 4) is 0 Å². The largest absolute Gasteiger partial charge is 0.435 e. The summed E-state index contributed by atoms with van der Waals surface area (Å²) in [6.45, 7) is 0.232. The van der Waals surface area contributed by atoms with E-state index >= 15 is 0 Å². The lowest BCUT2D eigenvalue weighted by Crippen LogP contribution is -2.32. The van der Waals surface area contributed by atoms with Crippen molar-refractivity contribution >= 4 is 10.0 Å². The van der Waals surface area contributed by atoms with Gasteiger partial charge in [0.1, 0.15) is 0 Å². The molecule has 126 valence electrons. The van der Waals surface area contributed by atoms with E-state index in [0.29, 0.717) is 0 Å². The van der Waals surface area contributed by atoms with E-state index in [2.05, 4.69) is 5.10 Å². The van der Waals surface area contributed by atoms with Crippen LogP contribution in [-0.2, 0) is 29.3 Å². The van der Waals surface area contributed by atoms with Crippen LogP contribution in [0, 0.1) is 0 Å². The van der Waals surface area contributed by atoms with Crippen LogP contribution in [0.4, 0.5) is 13.2 Å². The number of rotatable bonds is 6. The Bertz CT molecular complexity index is 742. The highest BCUT2D eigenvalue weighted by Crippen LogP contribution is 2.27. The van der Waals surface area contributed by atoms with Gasteiger partial charge in [0.15, 0.2) is 5.69 Å². The first kappa shape index (κ1) is 17.5. The van der Waals surface area contributed by atoms with Gasteiger partial charge < -0.3 is 0 Å². The molecule has 0 spiro atoms. The average molecular weight is 347 g/mol.